The van der Waals surface area contributed by atoms with Gasteiger partial charge < -0.3 is 5.11 Å². The van der Waals surface area contributed by atoms with Gasteiger partial charge in [0.25, 0.3) is 17.8 Å². The molecule has 0 aliphatic carbocycles. The molecule has 0 fully saturated rings. The molecule has 2 amide bonds. The van der Waals surface area contributed by atoms with Crippen LogP contribution < -0.4 is 21.1 Å². The van der Waals surface area contributed by atoms with Gasteiger partial charge in [0, 0.05) is 31.9 Å². The van der Waals surface area contributed by atoms with Crippen LogP contribution in [0.25, 0.3) is 20.2 Å². The maximum atomic E-state index is 13.2. The van der Waals surface area contributed by atoms with Crippen molar-refractivity contribution in [3.05, 3.63) is 80.1 Å². The van der Waals surface area contributed by atoms with Gasteiger partial charge in [0.15, 0.2) is 5.11 Å². The SMILES string of the molecule is Cc1cc(O)nc(N(NC(=S)NC(=O)c2sc3ccccc3c2Cl)C(=S)NC(=O)c2sc3ccccc3c2Cl)n1. The molecular weight excluding hydrogens is 631 g/mol. The smallest absolute Gasteiger partial charge is 0.269 e. The summed E-state index contributed by atoms with van der Waals surface area (Å²) in [7, 11) is 0. The van der Waals surface area contributed by atoms with Gasteiger partial charge >= 0.3 is 0 Å². The molecule has 0 aliphatic heterocycles. The van der Waals surface area contributed by atoms with E-state index in [1.807, 2.05) is 48.5 Å². The molecule has 5 aromatic rings. The summed E-state index contributed by atoms with van der Waals surface area (Å²) in [5.74, 6) is -1.61. The van der Waals surface area contributed by atoms with Crippen molar-refractivity contribution in [1.29, 1.82) is 0 Å². The van der Waals surface area contributed by atoms with Gasteiger partial charge in [-0.25, -0.2) is 4.98 Å². The van der Waals surface area contributed by atoms with Crippen LogP contribution in [0.3, 0.4) is 0 Å². The minimum atomic E-state index is -0.577. The first-order valence-electron chi connectivity index (χ1n) is 11.3. The molecule has 3 aromatic heterocycles. The molecule has 0 aliphatic rings. The van der Waals surface area contributed by atoms with Crippen LogP contribution in [0.1, 0.15) is 25.0 Å². The number of rotatable bonds is 3. The first kappa shape index (κ1) is 28.1. The lowest BCUT2D eigenvalue weighted by atomic mass is 10.2. The molecule has 202 valence electrons. The number of hydrogen-bond acceptors (Lipinski definition) is 9. The highest BCUT2D eigenvalue weighted by molar-refractivity contribution is 7.81. The van der Waals surface area contributed by atoms with Crippen LogP contribution in [0.15, 0.2) is 54.6 Å². The molecule has 4 N–H and O–H groups in total. The summed E-state index contributed by atoms with van der Waals surface area (Å²) in [5, 5.41) is 17.9. The Morgan fingerprint density at radius 3 is 1.93 bits per heavy atom. The van der Waals surface area contributed by atoms with Crippen LogP contribution in [0.2, 0.25) is 10.0 Å². The van der Waals surface area contributed by atoms with Crippen molar-refractivity contribution < 1.29 is 14.7 Å². The summed E-state index contributed by atoms with van der Waals surface area (Å²) in [6.07, 6.45) is 0. The highest BCUT2D eigenvalue weighted by Crippen LogP contribution is 2.36. The summed E-state index contributed by atoms with van der Waals surface area (Å²) in [5.41, 5.74) is 3.12. The zero-order valence-electron chi connectivity index (χ0n) is 20.2. The number of thiocarbonyl (C=S) groups is 2. The normalized spacial score (nSPS) is 10.9. The number of halogens is 2. The van der Waals surface area contributed by atoms with E-state index in [0.29, 0.717) is 10.7 Å². The monoisotopic (exact) mass is 646 g/mol. The van der Waals surface area contributed by atoms with Crippen LogP contribution >= 0.6 is 70.3 Å². The molecule has 15 heteroatoms. The van der Waals surface area contributed by atoms with Gasteiger partial charge in [0.05, 0.1) is 10.0 Å². The van der Waals surface area contributed by atoms with Crippen LogP contribution in [0.5, 0.6) is 5.88 Å². The van der Waals surface area contributed by atoms with Gasteiger partial charge in [-0.05, 0) is 43.5 Å². The van der Waals surface area contributed by atoms with Crippen molar-refractivity contribution in [2.24, 2.45) is 0 Å². The highest BCUT2D eigenvalue weighted by Gasteiger charge is 2.25. The number of aromatic hydroxyl groups is 1. The largest absolute Gasteiger partial charge is 0.493 e. The van der Waals surface area contributed by atoms with Crippen LogP contribution in [-0.4, -0.2) is 37.1 Å². The average Bonchev–Trinajstić information content (AvgIpc) is 3.44. The number of aromatic nitrogens is 2. The zero-order valence-corrected chi connectivity index (χ0v) is 25.0. The standard InChI is InChI=1S/C25H16Cl2N6O3S4/c1-11-10-16(34)29-23(28-11)33(25(38)31-22(36)20-18(27)13-7-3-5-9-15(13)40-20)32-24(37)30-21(35)19-17(26)12-6-2-4-8-14(12)39-19/h2-10H,1H3,(H,28,29,34)(H,31,36,38)(H2,30,32,35,37). The van der Waals surface area contributed by atoms with E-state index in [4.69, 9.17) is 47.6 Å². The summed E-state index contributed by atoms with van der Waals surface area (Å²) in [4.78, 5) is 34.9. The molecular formula is C25H16Cl2N6O3S4. The molecule has 0 radical (unpaired) electrons. The van der Waals surface area contributed by atoms with Gasteiger partial charge in [0.1, 0.15) is 9.75 Å². The van der Waals surface area contributed by atoms with Gasteiger partial charge in [-0.2, -0.15) is 9.99 Å². The lowest BCUT2D eigenvalue weighted by molar-refractivity contribution is 0.0971. The number of thiophene rings is 2. The molecule has 9 nitrogen and oxygen atoms in total. The number of nitrogens with zero attached hydrogens (tertiary/aromatic N) is 3. The van der Waals surface area contributed by atoms with Crippen molar-refractivity contribution in [2.45, 2.75) is 6.92 Å². The molecule has 0 saturated heterocycles. The molecule has 5 rings (SSSR count). The Hall–Kier alpha value is -3.46. The Kier molecular flexibility index (Phi) is 8.12. The van der Waals surface area contributed by atoms with E-state index in [0.717, 1.165) is 25.2 Å². The van der Waals surface area contributed by atoms with Crippen molar-refractivity contribution in [1.82, 2.24) is 26.0 Å². The molecule has 0 atom stereocenters. The van der Waals surface area contributed by atoms with E-state index in [-0.39, 0.29) is 36.8 Å². The minimum absolute atomic E-state index is 0.137. The molecule has 0 saturated carbocycles. The molecule has 0 unspecified atom stereocenters. The molecule has 0 spiro atoms. The van der Waals surface area contributed by atoms with E-state index in [1.165, 1.54) is 28.7 Å². The van der Waals surface area contributed by atoms with Crippen LogP contribution in [0.4, 0.5) is 5.95 Å². The van der Waals surface area contributed by atoms with Gasteiger partial charge in [0.2, 0.25) is 11.0 Å². The van der Waals surface area contributed by atoms with Crippen LogP contribution in [0, 0.1) is 6.92 Å². The summed E-state index contributed by atoms with van der Waals surface area (Å²) in [6.45, 7) is 1.63. The number of anilines is 1. The Morgan fingerprint density at radius 2 is 1.40 bits per heavy atom. The number of hydrazine groups is 1. The van der Waals surface area contributed by atoms with Crippen LogP contribution in [-0.2, 0) is 0 Å². The third kappa shape index (κ3) is 5.70. The second-order valence-corrected chi connectivity index (χ2v) is 11.8. The Bertz CT molecular complexity index is 1820. The Balaban J connectivity index is 1.38. The predicted octanol–water partition coefficient (Wildman–Crippen LogP) is 5.97. The first-order valence-corrected chi connectivity index (χ1v) is 14.5. The van der Waals surface area contributed by atoms with E-state index in [9.17, 15) is 14.7 Å². The molecule has 2 aromatic carbocycles. The maximum Gasteiger partial charge on any atom is 0.269 e. The van der Waals surface area contributed by atoms with Crippen molar-refractivity contribution in [3.63, 3.8) is 0 Å². The third-order valence-electron chi connectivity index (χ3n) is 5.38. The number of amides is 2. The summed E-state index contributed by atoms with van der Waals surface area (Å²) in [6, 6.07) is 16.0. The lowest BCUT2D eigenvalue weighted by Gasteiger charge is -2.25. The molecule has 40 heavy (non-hydrogen) atoms. The van der Waals surface area contributed by atoms with Gasteiger partial charge in [-0.3, -0.25) is 25.6 Å². The number of benzene rings is 2. The van der Waals surface area contributed by atoms with E-state index in [2.05, 4.69) is 26.0 Å². The Morgan fingerprint density at radius 1 is 0.875 bits per heavy atom. The molecule has 3 heterocycles. The predicted molar refractivity (Wildman–Crippen MR) is 168 cm³/mol. The highest BCUT2D eigenvalue weighted by atomic mass is 35.5. The fourth-order valence-electron chi connectivity index (χ4n) is 3.65. The topological polar surface area (TPSA) is 119 Å². The zero-order chi connectivity index (χ0) is 28.6. The van der Waals surface area contributed by atoms with Gasteiger partial charge in [-0.1, -0.05) is 59.6 Å². The fraction of sp³-hybridized carbons (Fsp3) is 0.0400. The number of fused-ring (bicyclic) bond motifs is 2. The second-order valence-electron chi connectivity index (χ2n) is 8.14. The fourth-order valence-corrected chi connectivity index (χ4v) is 6.88. The first-order chi connectivity index (χ1) is 19.1. The van der Waals surface area contributed by atoms with E-state index >= 15 is 0 Å². The summed E-state index contributed by atoms with van der Waals surface area (Å²) >= 11 is 26.1. The van der Waals surface area contributed by atoms with E-state index in [1.54, 1.807) is 6.92 Å². The summed E-state index contributed by atoms with van der Waals surface area (Å²) < 4.78 is 1.67. The quantitative estimate of drug-likeness (QED) is 0.139. The number of aryl methyl sites for hydroxylation is 1. The van der Waals surface area contributed by atoms with Crippen molar-refractivity contribution in [3.8, 4) is 5.88 Å². The Labute approximate surface area is 255 Å². The van der Waals surface area contributed by atoms with E-state index < -0.39 is 11.8 Å². The van der Waals surface area contributed by atoms with Gasteiger partial charge in [-0.15, -0.1) is 22.7 Å². The number of hydrogen-bond donors (Lipinski definition) is 4. The average molecular weight is 648 g/mol. The number of carbonyl (C=O) groups excluding carboxylic acids is 2. The van der Waals surface area contributed by atoms with Crippen molar-refractivity contribution >= 4 is 118 Å². The third-order valence-corrected chi connectivity index (χ3v) is 9.20. The maximum absolute atomic E-state index is 13.2. The number of nitrogens with one attached hydrogen (secondary N) is 3. The number of carbonyl (C=O) groups is 2. The lowest BCUT2D eigenvalue weighted by Crippen LogP contribution is -2.56. The second kappa shape index (κ2) is 11.6. The molecule has 0 bridgehead atoms. The minimum Gasteiger partial charge on any atom is -0.493 e. The van der Waals surface area contributed by atoms with Crippen molar-refractivity contribution in [2.75, 3.05) is 5.01 Å².